The molecule has 0 spiro atoms. The molecule has 5 aliphatic carbocycles. The minimum atomic E-state index is 0.0709. The molecule has 6 fully saturated rings. The highest BCUT2D eigenvalue weighted by Gasteiger charge is 2.86. The molecular formula is C30H46O2. The molecule has 2 heteroatoms. The topological polar surface area (TPSA) is 26.3 Å². The van der Waals surface area contributed by atoms with Gasteiger partial charge in [-0.1, -0.05) is 46.8 Å². The maximum atomic E-state index is 12.9. The zero-order valence-electron chi connectivity index (χ0n) is 21.6. The van der Waals surface area contributed by atoms with E-state index in [0.717, 1.165) is 30.6 Å². The predicted molar refractivity (Wildman–Crippen MR) is 129 cm³/mol. The molecule has 0 radical (unpaired) electrons. The summed E-state index contributed by atoms with van der Waals surface area (Å²) < 4.78 is 6.45. The molecule has 0 aromatic rings. The van der Waals surface area contributed by atoms with Crippen molar-refractivity contribution in [1.29, 1.82) is 0 Å². The number of rotatable bonds is 1. The highest BCUT2D eigenvalue weighted by atomic mass is 16.5. The number of ether oxygens (including phenoxy) is 1. The number of hydrogen-bond donors (Lipinski definition) is 0. The van der Waals surface area contributed by atoms with Gasteiger partial charge in [0.15, 0.2) is 0 Å². The lowest BCUT2D eigenvalue weighted by molar-refractivity contribution is -0.222. The average Bonchev–Trinajstić information content (AvgIpc) is 3.41. The third-order valence-corrected chi connectivity index (χ3v) is 13.4. The van der Waals surface area contributed by atoms with Crippen molar-refractivity contribution in [2.24, 2.45) is 56.7 Å². The van der Waals surface area contributed by atoms with E-state index in [1.54, 1.807) is 0 Å². The molecule has 0 aromatic carbocycles. The van der Waals surface area contributed by atoms with Crippen molar-refractivity contribution in [2.75, 3.05) is 0 Å². The quantitative estimate of drug-likeness (QED) is 0.312. The average molecular weight is 439 g/mol. The molecule has 1 aliphatic heterocycles. The summed E-state index contributed by atoms with van der Waals surface area (Å²) in [4.78, 5) is 12.9. The van der Waals surface area contributed by atoms with Crippen LogP contribution in [-0.4, -0.2) is 12.1 Å². The standard InChI is InChI=1S/C30H46O2/c1-18(2)21-9-13-28(7)25-22(32-23(31)10-12-27(21,25)6)16-29-17-30(28,29)15-14-26(5)11-8-19(3)20(4)24(26)29/h19-22,24-25H,1,8-17H2,2-7H3. The van der Waals surface area contributed by atoms with Crippen LogP contribution in [0.1, 0.15) is 106 Å². The number of carbonyl (C=O) groups is 1. The third kappa shape index (κ3) is 2.27. The summed E-state index contributed by atoms with van der Waals surface area (Å²) in [5, 5.41) is 0. The third-order valence-electron chi connectivity index (χ3n) is 13.4. The summed E-state index contributed by atoms with van der Waals surface area (Å²) in [7, 11) is 0. The number of carbonyl (C=O) groups excluding carboxylic acids is 1. The number of hydrogen-bond acceptors (Lipinski definition) is 2. The lowest BCUT2D eigenvalue weighted by Crippen LogP contribution is -2.64. The SMILES string of the molecule is C=C(C)C1CCC2(C)C3C(CC45CC24CCC2(C)CCC(C)C(C)C25)OC(=O)CCC13C. The smallest absolute Gasteiger partial charge is 0.306 e. The van der Waals surface area contributed by atoms with E-state index in [-0.39, 0.29) is 17.5 Å². The molecule has 6 aliphatic rings. The zero-order valence-corrected chi connectivity index (χ0v) is 21.6. The van der Waals surface area contributed by atoms with Gasteiger partial charge in [-0.3, -0.25) is 4.79 Å². The van der Waals surface area contributed by atoms with Crippen LogP contribution in [-0.2, 0) is 9.53 Å². The van der Waals surface area contributed by atoms with Gasteiger partial charge in [-0.25, -0.2) is 0 Å². The summed E-state index contributed by atoms with van der Waals surface area (Å²) >= 11 is 0. The van der Waals surface area contributed by atoms with Crippen molar-refractivity contribution in [3.63, 3.8) is 0 Å². The molecule has 2 nitrogen and oxygen atoms in total. The van der Waals surface area contributed by atoms with E-state index >= 15 is 0 Å². The normalized spacial score (nSPS) is 60.6. The van der Waals surface area contributed by atoms with Crippen molar-refractivity contribution in [2.45, 2.75) is 112 Å². The Labute approximate surface area is 196 Å². The summed E-state index contributed by atoms with van der Waals surface area (Å²) in [6.07, 6.45) is 12.4. The van der Waals surface area contributed by atoms with Gasteiger partial charge in [-0.15, -0.1) is 0 Å². The monoisotopic (exact) mass is 438 g/mol. The Balaban J connectivity index is 1.50. The summed E-state index contributed by atoms with van der Waals surface area (Å²) in [6.45, 7) is 19.6. The van der Waals surface area contributed by atoms with Crippen LogP contribution in [0.5, 0.6) is 0 Å². The van der Waals surface area contributed by atoms with Crippen molar-refractivity contribution in [3.8, 4) is 0 Å². The fourth-order valence-electron chi connectivity index (χ4n) is 12.1. The minimum absolute atomic E-state index is 0.0709. The molecule has 0 amide bonds. The van der Waals surface area contributed by atoms with Crippen LogP contribution in [0.15, 0.2) is 12.2 Å². The molecule has 1 heterocycles. The second-order valence-corrected chi connectivity index (χ2v) is 14.5. The van der Waals surface area contributed by atoms with Gasteiger partial charge in [0.1, 0.15) is 6.10 Å². The van der Waals surface area contributed by atoms with Crippen LogP contribution in [0.25, 0.3) is 0 Å². The van der Waals surface area contributed by atoms with Gasteiger partial charge in [-0.2, -0.15) is 0 Å². The van der Waals surface area contributed by atoms with Crippen LogP contribution in [0, 0.1) is 56.7 Å². The van der Waals surface area contributed by atoms with Gasteiger partial charge >= 0.3 is 5.97 Å². The van der Waals surface area contributed by atoms with Crippen LogP contribution in [0.4, 0.5) is 0 Å². The molecule has 11 atom stereocenters. The molecule has 11 unspecified atom stereocenters. The van der Waals surface area contributed by atoms with E-state index in [1.165, 1.54) is 50.5 Å². The van der Waals surface area contributed by atoms with E-state index in [2.05, 4.69) is 48.1 Å². The molecule has 0 N–H and O–H groups in total. The number of esters is 1. The fourth-order valence-corrected chi connectivity index (χ4v) is 12.1. The Morgan fingerprint density at radius 2 is 1.75 bits per heavy atom. The van der Waals surface area contributed by atoms with E-state index in [4.69, 9.17) is 4.74 Å². The highest BCUT2D eigenvalue weighted by molar-refractivity contribution is 5.70. The molecule has 5 saturated carbocycles. The van der Waals surface area contributed by atoms with Gasteiger partial charge in [0.05, 0.1) is 0 Å². The molecule has 6 rings (SSSR count). The number of fused-ring (bicyclic) bond motifs is 1. The van der Waals surface area contributed by atoms with E-state index in [0.29, 0.717) is 39.9 Å². The molecule has 178 valence electrons. The van der Waals surface area contributed by atoms with Crippen LogP contribution in [0.2, 0.25) is 0 Å². The van der Waals surface area contributed by atoms with Crippen molar-refractivity contribution < 1.29 is 9.53 Å². The first-order chi connectivity index (χ1) is 14.9. The first-order valence-electron chi connectivity index (χ1n) is 13.8. The van der Waals surface area contributed by atoms with E-state index in [9.17, 15) is 4.79 Å². The Morgan fingerprint density at radius 3 is 2.47 bits per heavy atom. The molecule has 1 saturated heterocycles. The highest BCUT2D eigenvalue weighted by Crippen LogP contribution is 2.91. The number of allylic oxidation sites excluding steroid dienone is 1. The van der Waals surface area contributed by atoms with E-state index in [1.807, 2.05) is 0 Å². The van der Waals surface area contributed by atoms with Gasteiger partial charge < -0.3 is 4.74 Å². The van der Waals surface area contributed by atoms with Crippen molar-refractivity contribution >= 4 is 5.97 Å². The van der Waals surface area contributed by atoms with Crippen LogP contribution in [0.3, 0.4) is 0 Å². The first-order valence-corrected chi connectivity index (χ1v) is 13.8. The lowest BCUT2D eigenvalue weighted by Gasteiger charge is -2.68. The van der Waals surface area contributed by atoms with Gasteiger partial charge in [0.2, 0.25) is 0 Å². The summed E-state index contributed by atoms with van der Waals surface area (Å²) in [6, 6.07) is 0. The minimum Gasteiger partial charge on any atom is -0.462 e. The second kappa shape index (κ2) is 6.25. The van der Waals surface area contributed by atoms with E-state index < -0.39 is 0 Å². The zero-order chi connectivity index (χ0) is 22.9. The maximum absolute atomic E-state index is 12.9. The van der Waals surface area contributed by atoms with Gasteiger partial charge in [0.25, 0.3) is 0 Å². The fraction of sp³-hybridized carbons (Fsp3) is 0.900. The Bertz CT molecular complexity index is 876. The lowest BCUT2D eigenvalue weighted by atomic mass is 9.36. The van der Waals surface area contributed by atoms with Crippen molar-refractivity contribution in [3.05, 3.63) is 12.2 Å². The summed E-state index contributed by atoms with van der Waals surface area (Å²) in [5.41, 5.74) is 3.15. The van der Waals surface area contributed by atoms with Crippen LogP contribution < -0.4 is 0 Å². The molecule has 0 bridgehead atoms. The largest absolute Gasteiger partial charge is 0.462 e. The Kier molecular flexibility index (Phi) is 4.24. The molecule has 32 heavy (non-hydrogen) atoms. The van der Waals surface area contributed by atoms with Crippen molar-refractivity contribution in [1.82, 2.24) is 0 Å². The summed E-state index contributed by atoms with van der Waals surface area (Å²) in [5.74, 6) is 3.51. The first kappa shape index (κ1) is 21.7. The predicted octanol–water partition coefficient (Wildman–Crippen LogP) is 7.57. The molecule has 0 aromatic heterocycles. The molecular weight excluding hydrogens is 392 g/mol. The van der Waals surface area contributed by atoms with Crippen LogP contribution >= 0.6 is 0 Å². The van der Waals surface area contributed by atoms with Gasteiger partial charge in [-0.05, 0) is 115 Å². The maximum Gasteiger partial charge on any atom is 0.306 e. The van der Waals surface area contributed by atoms with Gasteiger partial charge in [0, 0.05) is 12.3 Å². The second-order valence-electron chi connectivity index (χ2n) is 14.5. The Hall–Kier alpha value is -0.790. The Morgan fingerprint density at radius 1 is 1.00 bits per heavy atom.